The minimum Gasteiger partial charge on any atom is -0.381 e. The van der Waals surface area contributed by atoms with Gasteiger partial charge in [-0.05, 0) is 40.3 Å². The average molecular weight is 283 g/mol. The molecule has 4 nitrogen and oxygen atoms in total. The summed E-state index contributed by atoms with van der Waals surface area (Å²) in [6.45, 7) is 15.7. The Labute approximate surface area is 124 Å². The molecule has 0 aromatic heterocycles. The highest BCUT2D eigenvalue weighted by Gasteiger charge is 2.39. The lowest BCUT2D eigenvalue weighted by atomic mass is 9.85. The molecule has 20 heavy (non-hydrogen) atoms. The number of piperazine rings is 1. The van der Waals surface area contributed by atoms with Gasteiger partial charge in [-0.3, -0.25) is 9.80 Å². The number of likely N-dealkylation sites (N-methyl/N-ethyl adjacent to an activating group) is 1. The highest BCUT2D eigenvalue weighted by Crippen LogP contribution is 2.31. The quantitative estimate of drug-likeness (QED) is 0.746. The molecule has 1 atom stereocenters. The molecule has 2 rings (SSSR count). The van der Waals surface area contributed by atoms with Gasteiger partial charge < -0.3 is 10.1 Å². The smallest absolute Gasteiger partial charge is 0.0547 e. The summed E-state index contributed by atoms with van der Waals surface area (Å²) in [4.78, 5) is 5.14. The summed E-state index contributed by atoms with van der Waals surface area (Å²) in [5.74, 6) is 0. The van der Waals surface area contributed by atoms with Crippen LogP contribution in [0.2, 0.25) is 0 Å². The van der Waals surface area contributed by atoms with Crippen LogP contribution in [0.5, 0.6) is 0 Å². The van der Waals surface area contributed by atoms with Gasteiger partial charge in [-0.25, -0.2) is 0 Å². The molecule has 118 valence electrons. The second-order valence-corrected chi connectivity index (χ2v) is 7.42. The normalized spacial score (nSPS) is 31.8. The summed E-state index contributed by atoms with van der Waals surface area (Å²) < 4.78 is 5.73. The number of hydrogen-bond donors (Lipinski definition) is 1. The molecule has 2 heterocycles. The van der Waals surface area contributed by atoms with Crippen molar-refractivity contribution >= 4 is 0 Å². The maximum Gasteiger partial charge on any atom is 0.0547 e. The van der Waals surface area contributed by atoms with E-state index in [2.05, 4.69) is 42.9 Å². The van der Waals surface area contributed by atoms with Crippen molar-refractivity contribution in [1.29, 1.82) is 0 Å². The summed E-state index contributed by atoms with van der Waals surface area (Å²) in [7, 11) is 2.24. The molecular formula is C16H33N3O. The van der Waals surface area contributed by atoms with E-state index in [1.807, 2.05) is 0 Å². The fraction of sp³-hybridized carbons (Fsp3) is 1.00. The van der Waals surface area contributed by atoms with Crippen LogP contribution >= 0.6 is 0 Å². The Morgan fingerprint density at radius 2 is 2.05 bits per heavy atom. The number of hydrogen-bond acceptors (Lipinski definition) is 4. The van der Waals surface area contributed by atoms with Crippen LogP contribution in [-0.4, -0.2) is 74.9 Å². The van der Waals surface area contributed by atoms with Crippen molar-refractivity contribution in [2.75, 3.05) is 59.5 Å². The average Bonchev–Trinajstić information content (AvgIpc) is 2.83. The first-order chi connectivity index (χ1) is 9.47. The van der Waals surface area contributed by atoms with E-state index in [9.17, 15) is 0 Å². The number of nitrogens with one attached hydrogen (secondary N) is 1. The first kappa shape index (κ1) is 16.2. The van der Waals surface area contributed by atoms with Crippen LogP contribution in [0.4, 0.5) is 0 Å². The summed E-state index contributed by atoms with van der Waals surface area (Å²) in [5.41, 5.74) is 0.622. The lowest BCUT2D eigenvalue weighted by molar-refractivity contribution is 0.0128. The second kappa shape index (κ2) is 6.73. The van der Waals surface area contributed by atoms with Crippen LogP contribution in [0.3, 0.4) is 0 Å². The van der Waals surface area contributed by atoms with Crippen LogP contribution in [-0.2, 0) is 4.74 Å². The van der Waals surface area contributed by atoms with E-state index in [-0.39, 0.29) is 5.54 Å². The fourth-order valence-corrected chi connectivity index (χ4v) is 3.45. The Morgan fingerprint density at radius 3 is 2.65 bits per heavy atom. The van der Waals surface area contributed by atoms with Gasteiger partial charge in [-0.15, -0.1) is 0 Å². The van der Waals surface area contributed by atoms with Crippen molar-refractivity contribution in [3.05, 3.63) is 0 Å². The molecule has 0 radical (unpaired) electrons. The van der Waals surface area contributed by atoms with E-state index in [1.165, 1.54) is 39.0 Å². The Morgan fingerprint density at radius 1 is 1.25 bits per heavy atom. The molecule has 0 saturated carbocycles. The second-order valence-electron chi connectivity index (χ2n) is 7.42. The van der Waals surface area contributed by atoms with Crippen molar-refractivity contribution in [3.63, 3.8) is 0 Å². The highest BCUT2D eigenvalue weighted by molar-refractivity contribution is 4.94. The largest absolute Gasteiger partial charge is 0.381 e. The van der Waals surface area contributed by atoms with Crippen LogP contribution in [0.1, 0.15) is 33.6 Å². The van der Waals surface area contributed by atoms with Crippen molar-refractivity contribution in [3.8, 4) is 0 Å². The van der Waals surface area contributed by atoms with Gasteiger partial charge >= 0.3 is 0 Å². The minimum atomic E-state index is 0.287. The van der Waals surface area contributed by atoms with Crippen LogP contribution in [0.25, 0.3) is 0 Å². The molecule has 0 aromatic carbocycles. The van der Waals surface area contributed by atoms with Crippen LogP contribution < -0.4 is 5.32 Å². The van der Waals surface area contributed by atoms with Gasteiger partial charge in [0.15, 0.2) is 0 Å². The van der Waals surface area contributed by atoms with Crippen molar-refractivity contribution in [2.45, 2.75) is 39.2 Å². The topological polar surface area (TPSA) is 27.7 Å². The molecule has 0 bridgehead atoms. The lowest BCUT2D eigenvalue weighted by Crippen LogP contribution is -2.60. The monoisotopic (exact) mass is 283 g/mol. The highest BCUT2D eigenvalue weighted by atomic mass is 16.5. The first-order valence-electron chi connectivity index (χ1n) is 8.20. The number of ether oxygens (including phenoxy) is 1. The van der Waals surface area contributed by atoms with Gasteiger partial charge in [0.2, 0.25) is 0 Å². The van der Waals surface area contributed by atoms with E-state index >= 15 is 0 Å². The molecular weight excluding hydrogens is 250 g/mol. The summed E-state index contributed by atoms with van der Waals surface area (Å²) in [5, 5.41) is 3.62. The lowest BCUT2D eigenvalue weighted by Gasteiger charge is -2.47. The minimum absolute atomic E-state index is 0.287. The fourth-order valence-electron chi connectivity index (χ4n) is 3.45. The van der Waals surface area contributed by atoms with Crippen molar-refractivity contribution in [1.82, 2.24) is 15.1 Å². The van der Waals surface area contributed by atoms with Gasteiger partial charge in [-0.2, -0.15) is 0 Å². The number of rotatable bonds is 6. The molecule has 4 heteroatoms. The molecule has 2 fully saturated rings. The number of nitrogens with zero attached hydrogens (tertiary/aromatic N) is 2. The van der Waals surface area contributed by atoms with Gasteiger partial charge in [-0.1, -0.05) is 6.92 Å². The summed E-state index contributed by atoms with van der Waals surface area (Å²) >= 11 is 0. The summed E-state index contributed by atoms with van der Waals surface area (Å²) in [6, 6.07) is 0. The molecule has 2 aliphatic heterocycles. The van der Waals surface area contributed by atoms with E-state index in [4.69, 9.17) is 4.74 Å². The molecule has 0 aromatic rings. The van der Waals surface area contributed by atoms with Crippen LogP contribution in [0.15, 0.2) is 0 Å². The van der Waals surface area contributed by atoms with Gasteiger partial charge in [0.05, 0.1) is 6.61 Å². The third-order valence-electron chi connectivity index (χ3n) is 5.07. The zero-order chi connectivity index (χ0) is 14.6. The Hall–Kier alpha value is -0.160. The standard InChI is InChI=1S/C16H33N3O/c1-5-7-17-11-16(6-10-20-14-16)13-19-9-8-18(4)15(2,3)12-19/h17H,5-14H2,1-4H3. The maximum absolute atomic E-state index is 5.73. The Kier molecular flexibility index (Phi) is 5.46. The molecule has 2 aliphatic rings. The van der Waals surface area contributed by atoms with E-state index < -0.39 is 0 Å². The third kappa shape index (κ3) is 3.94. The zero-order valence-electron chi connectivity index (χ0n) is 13.9. The van der Waals surface area contributed by atoms with Crippen molar-refractivity contribution < 1.29 is 4.74 Å². The van der Waals surface area contributed by atoms with Crippen LogP contribution in [0, 0.1) is 5.41 Å². The SMILES string of the molecule is CCCNCC1(CN2CCN(C)C(C)(C)C2)CCOC1. The molecule has 2 saturated heterocycles. The Balaban J connectivity index is 1.91. The maximum atomic E-state index is 5.73. The third-order valence-corrected chi connectivity index (χ3v) is 5.07. The Bertz CT molecular complexity index is 300. The van der Waals surface area contributed by atoms with E-state index in [1.54, 1.807) is 0 Å². The van der Waals surface area contributed by atoms with Crippen molar-refractivity contribution in [2.24, 2.45) is 5.41 Å². The molecule has 1 N–H and O–H groups in total. The predicted octanol–water partition coefficient (Wildman–Crippen LogP) is 1.42. The molecule has 0 amide bonds. The molecule has 1 unspecified atom stereocenters. The van der Waals surface area contributed by atoms with Gasteiger partial charge in [0.25, 0.3) is 0 Å². The van der Waals surface area contributed by atoms with Gasteiger partial charge in [0, 0.05) is 50.3 Å². The molecule has 0 spiro atoms. The first-order valence-corrected chi connectivity index (χ1v) is 8.20. The molecule has 0 aliphatic carbocycles. The van der Waals surface area contributed by atoms with E-state index in [0.29, 0.717) is 5.41 Å². The van der Waals surface area contributed by atoms with E-state index in [0.717, 1.165) is 26.3 Å². The zero-order valence-corrected chi connectivity index (χ0v) is 13.9. The van der Waals surface area contributed by atoms with Gasteiger partial charge in [0.1, 0.15) is 0 Å². The summed E-state index contributed by atoms with van der Waals surface area (Å²) in [6.07, 6.45) is 2.41. The predicted molar refractivity (Wildman–Crippen MR) is 84.2 cm³/mol.